The molecule has 0 unspecified atom stereocenters. The van der Waals surface area contributed by atoms with Gasteiger partial charge in [0.25, 0.3) is 0 Å². The minimum absolute atomic E-state index is 0. The number of guanidine groups is 1. The Morgan fingerprint density at radius 1 is 1.10 bits per heavy atom. The smallest absolute Gasteiger partial charge is 0.218 e. The Labute approximate surface area is 194 Å². The van der Waals surface area contributed by atoms with Crippen LogP contribution in [0.15, 0.2) is 58.1 Å². The van der Waals surface area contributed by atoms with Gasteiger partial charge in [0.15, 0.2) is 5.96 Å². The van der Waals surface area contributed by atoms with Crippen molar-refractivity contribution < 1.29 is 9.15 Å². The molecule has 3 rings (SSSR count). The lowest BCUT2D eigenvalue weighted by atomic mass is 10.2. The Bertz CT molecular complexity index is 924. The minimum Gasteiger partial charge on any atom is -0.473 e. The number of oxazole rings is 1. The number of rotatable bonds is 8. The molecule has 3 aromatic rings. The Balaban J connectivity index is 0.00000320. The van der Waals surface area contributed by atoms with E-state index in [1.807, 2.05) is 63.2 Å². The third kappa shape index (κ3) is 7.01. The number of aromatic nitrogens is 2. The fraction of sp³-hybridized carbons (Fsp3) is 0.318. The van der Waals surface area contributed by atoms with Gasteiger partial charge in [-0.15, -0.1) is 24.0 Å². The molecule has 2 heterocycles. The highest BCUT2D eigenvalue weighted by Gasteiger charge is 2.08. The number of hydrogen-bond donors (Lipinski definition) is 2. The molecule has 0 aliphatic rings. The molecule has 0 amide bonds. The van der Waals surface area contributed by atoms with Crippen LogP contribution >= 0.6 is 24.0 Å². The second kappa shape index (κ2) is 12.2. The predicted molar refractivity (Wildman–Crippen MR) is 128 cm³/mol. The summed E-state index contributed by atoms with van der Waals surface area (Å²) in [6, 6.07) is 13.9. The molecule has 0 saturated carbocycles. The minimum atomic E-state index is 0. The van der Waals surface area contributed by atoms with E-state index in [2.05, 4.69) is 25.6 Å². The molecular weight excluding hydrogens is 493 g/mol. The largest absolute Gasteiger partial charge is 0.473 e. The number of pyridine rings is 1. The summed E-state index contributed by atoms with van der Waals surface area (Å²) in [5.41, 5.74) is 2.92. The lowest BCUT2D eigenvalue weighted by Gasteiger charge is -2.11. The molecule has 7 nitrogen and oxygen atoms in total. The van der Waals surface area contributed by atoms with Crippen LogP contribution < -0.4 is 15.4 Å². The monoisotopic (exact) mass is 521 g/mol. The molecule has 0 bridgehead atoms. The molecule has 0 radical (unpaired) electrons. The summed E-state index contributed by atoms with van der Waals surface area (Å²) >= 11 is 0. The number of ether oxygens (including phenoxy) is 1. The molecule has 2 N–H and O–H groups in total. The molecule has 30 heavy (non-hydrogen) atoms. The van der Waals surface area contributed by atoms with Crippen molar-refractivity contribution in [1.29, 1.82) is 0 Å². The zero-order valence-corrected chi connectivity index (χ0v) is 19.8. The van der Waals surface area contributed by atoms with Gasteiger partial charge >= 0.3 is 0 Å². The van der Waals surface area contributed by atoms with E-state index in [9.17, 15) is 0 Å². The van der Waals surface area contributed by atoms with Crippen LogP contribution in [-0.2, 0) is 19.7 Å². The van der Waals surface area contributed by atoms with Gasteiger partial charge in [-0.25, -0.2) is 15.0 Å². The molecule has 8 heteroatoms. The SMILES string of the molecule is CCNC(=NCc1cccnc1OCc1ccccc1)NCc1nc(C)c(C)o1.I. The quantitative estimate of drug-likeness (QED) is 0.264. The van der Waals surface area contributed by atoms with Crippen molar-refractivity contribution in [2.24, 2.45) is 4.99 Å². The number of halogens is 1. The topological polar surface area (TPSA) is 84.6 Å². The number of aliphatic imine (C=N–C) groups is 1. The third-order valence-corrected chi connectivity index (χ3v) is 4.30. The average Bonchev–Trinajstić information content (AvgIpc) is 3.07. The molecule has 0 saturated heterocycles. The van der Waals surface area contributed by atoms with Crippen LogP contribution in [0.1, 0.15) is 35.4 Å². The summed E-state index contributed by atoms with van der Waals surface area (Å²) in [5, 5.41) is 6.48. The van der Waals surface area contributed by atoms with Crippen LogP contribution in [0.2, 0.25) is 0 Å². The summed E-state index contributed by atoms with van der Waals surface area (Å²) < 4.78 is 11.5. The molecule has 0 atom stereocenters. The van der Waals surface area contributed by atoms with Gasteiger partial charge in [0, 0.05) is 18.3 Å². The molecule has 0 fully saturated rings. The fourth-order valence-corrected chi connectivity index (χ4v) is 2.68. The summed E-state index contributed by atoms with van der Waals surface area (Å²) in [6.07, 6.45) is 1.73. The maximum atomic E-state index is 5.91. The first-order valence-corrected chi connectivity index (χ1v) is 9.71. The van der Waals surface area contributed by atoms with E-state index in [4.69, 9.17) is 9.15 Å². The normalized spacial score (nSPS) is 11.0. The molecular formula is C22H28IN5O2. The van der Waals surface area contributed by atoms with E-state index in [0.29, 0.717) is 37.4 Å². The number of nitrogens with zero attached hydrogens (tertiary/aromatic N) is 3. The number of hydrogen-bond acceptors (Lipinski definition) is 5. The Hall–Kier alpha value is -2.62. The molecule has 0 spiro atoms. The Morgan fingerprint density at radius 2 is 1.90 bits per heavy atom. The third-order valence-electron chi connectivity index (χ3n) is 4.30. The molecule has 0 aliphatic heterocycles. The maximum Gasteiger partial charge on any atom is 0.218 e. The van der Waals surface area contributed by atoms with Gasteiger partial charge in [-0.1, -0.05) is 36.4 Å². The van der Waals surface area contributed by atoms with Crippen molar-refractivity contribution in [2.45, 2.75) is 40.5 Å². The van der Waals surface area contributed by atoms with Crippen LogP contribution in [0.25, 0.3) is 0 Å². The van der Waals surface area contributed by atoms with Gasteiger partial charge in [0.1, 0.15) is 12.4 Å². The van der Waals surface area contributed by atoms with E-state index in [-0.39, 0.29) is 24.0 Å². The highest BCUT2D eigenvalue weighted by molar-refractivity contribution is 14.0. The van der Waals surface area contributed by atoms with Gasteiger partial charge in [-0.05, 0) is 32.4 Å². The van der Waals surface area contributed by atoms with Gasteiger partial charge in [-0.3, -0.25) is 0 Å². The van der Waals surface area contributed by atoms with Gasteiger partial charge < -0.3 is 19.8 Å². The maximum absolute atomic E-state index is 5.91. The summed E-state index contributed by atoms with van der Waals surface area (Å²) in [5.74, 6) is 2.74. The lowest BCUT2D eigenvalue weighted by Crippen LogP contribution is -2.36. The van der Waals surface area contributed by atoms with Crippen LogP contribution in [0.3, 0.4) is 0 Å². The predicted octanol–water partition coefficient (Wildman–Crippen LogP) is 4.14. The van der Waals surface area contributed by atoms with Crippen molar-refractivity contribution in [3.63, 3.8) is 0 Å². The number of benzene rings is 1. The van der Waals surface area contributed by atoms with E-state index in [1.54, 1.807) is 6.20 Å². The second-order valence-electron chi connectivity index (χ2n) is 6.54. The van der Waals surface area contributed by atoms with Crippen molar-refractivity contribution in [3.8, 4) is 5.88 Å². The van der Waals surface area contributed by atoms with Gasteiger partial charge in [0.05, 0.1) is 18.8 Å². The van der Waals surface area contributed by atoms with E-state index < -0.39 is 0 Å². The van der Waals surface area contributed by atoms with Gasteiger partial charge in [-0.2, -0.15) is 0 Å². The van der Waals surface area contributed by atoms with Crippen LogP contribution in [0.4, 0.5) is 0 Å². The Kier molecular flexibility index (Phi) is 9.59. The Morgan fingerprint density at radius 3 is 2.60 bits per heavy atom. The highest BCUT2D eigenvalue weighted by Crippen LogP contribution is 2.17. The van der Waals surface area contributed by atoms with E-state index in [1.165, 1.54) is 0 Å². The average molecular weight is 521 g/mol. The first-order valence-electron chi connectivity index (χ1n) is 9.71. The van der Waals surface area contributed by atoms with Crippen LogP contribution in [-0.4, -0.2) is 22.5 Å². The van der Waals surface area contributed by atoms with Crippen molar-refractivity contribution in [3.05, 3.63) is 77.1 Å². The first kappa shape index (κ1) is 23.7. The van der Waals surface area contributed by atoms with Crippen molar-refractivity contribution >= 4 is 29.9 Å². The van der Waals surface area contributed by atoms with Crippen LogP contribution in [0.5, 0.6) is 5.88 Å². The molecule has 0 aliphatic carbocycles. The standard InChI is InChI=1S/C22H27N5O2.HI/c1-4-23-22(26-14-20-27-16(2)17(3)29-20)25-13-19-11-8-12-24-21(19)28-15-18-9-6-5-7-10-18;/h5-12H,4,13-15H2,1-3H3,(H2,23,25,26);1H. The molecule has 160 valence electrons. The molecule has 1 aromatic carbocycles. The second-order valence-corrected chi connectivity index (χ2v) is 6.54. The number of nitrogens with one attached hydrogen (secondary N) is 2. The van der Waals surface area contributed by atoms with Crippen molar-refractivity contribution in [2.75, 3.05) is 6.54 Å². The zero-order chi connectivity index (χ0) is 20.5. The van der Waals surface area contributed by atoms with Gasteiger partial charge in [0.2, 0.25) is 11.8 Å². The summed E-state index contributed by atoms with van der Waals surface area (Å²) in [7, 11) is 0. The van der Waals surface area contributed by atoms with Crippen molar-refractivity contribution in [1.82, 2.24) is 20.6 Å². The van der Waals surface area contributed by atoms with Crippen LogP contribution in [0, 0.1) is 13.8 Å². The zero-order valence-electron chi connectivity index (χ0n) is 17.5. The van der Waals surface area contributed by atoms with E-state index >= 15 is 0 Å². The first-order chi connectivity index (χ1) is 14.2. The number of aryl methyl sites for hydroxylation is 2. The molecule has 2 aromatic heterocycles. The summed E-state index contributed by atoms with van der Waals surface area (Å²) in [6.45, 7) is 7.98. The lowest BCUT2D eigenvalue weighted by molar-refractivity contribution is 0.290. The fourth-order valence-electron chi connectivity index (χ4n) is 2.68. The summed E-state index contributed by atoms with van der Waals surface area (Å²) in [4.78, 5) is 13.4. The highest BCUT2D eigenvalue weighted by atomic mass is 127. The van der Waals surface area contributed by atoms with E-state index in [0.717, 1.165) is 29.1 Å².